The molecule has 0 saturated carbocycles. The van der Waals surface area contributed by atoms with Crippen molar-refractivity contribution in [1.82, 2.24) is 13.7 Å². The van der Waals surface area contributed by atoms with E-state index < -0.39 is 11.9 Å². The predicted molar refractivity (Wildman–Crippen MR) is 108 cm³/mol. The number of methoxy groups -OCH3 is 1. The molecule has 0 atom stereocenters. The Hall–Kier alpha value is -3.95. The first-order valence-electron chi connectivity index (χ1n) is 8.65. The molecule has 0 aliphatic rings. The fourth-order valence-electron chi connectivity index (χ4n) is 3.01. The molecule has 0 unspecified atom stereocenters. The number of amides is 2. The van der Waals surface area contributed by atoms with Gasteiger partial charge in [-0.05, 0) is 18.2 Å². The van der Waals surface area contributed by atoms with Crippen LogP contribution in [-0.4, -0.2) is 38.6 Å². The summed E-state index contributed by atoms with van der Waals surface area (Å²) in [6, 6.07) is 4.65. The maximum Gasteiger partial charge on any atom is 0.354 e. The van der Waals surface area contributed by atoms with Gasteiger partial charge in [0.15, 0.2) is 0 Å². The molecule has 29 heavy (non-hydrogen) atoms. The molecule has 0 aromatic carbocycles. The van der Waals surface area contributed by atoms with Crippen LogP contribution >= 0.6 is 0 Å². The zero-order valence-electron chi connectivity index (χ0n) is 16.5. The number of nitrogens with one attached hydrogen (secondary N) is 2. The molecule has 0 aliphatic heterocycles. The van der Waals surface area contributed by atoms with Crippen LogP contribution in [0.3, 0.4) is 0 Å². The number of rotatable bonds is 5. The number of carbonyl (C=O) groups excluding carboxylic acids is 3. The van der Waals surface area contributed by atoms with Crippen molar-refractivity contribution in [2.75, 3.05) is 23.5 Å². The van der Waals surface area contributed by atoms with Gasteiger partial charge in [0.05, 0.1) is 24.2 Å². The van der Waals surface area contributed by atoms with Crippen molar-refractivity contribution in [2.24, 2.45) is 21.1 Å². The SMILES string of the molecule is COC(=O)c1cc(NC(=O)c2cc(NC(=O)c3cc(N)cn3C)cn2C)cn1C. The molecule has 4 N–H and O–H groups in total. The summed E-state index contributed by atoms with van der Waals surface area (Å²) in [4.78, 5) is 36.7. The average Bonchev–Trinajstić information content (AvgIpc) is 3.31. The van der Waals surface area contributed by atoms with Gasteiger partial charge in [0.25, 0.3) is 11.8 Å². The summed E-state index contributed by atoms with van der Waals surface area (Å²) < 4.78 is 9.47. The van der Waals surface area contributed by atoms with Crippen molar-refractivity contribution in [3.05, 3.63) is 53.9 Å². The molecule has 0 fully saturated rings. The van der Waals surface area contributed by atoms with Gasteiger partial charge in [-0.1, -0.05) is 0 Å². The summed E-state index contributed by atoms with van der Waals surface area (Å²) >= 11 is 0. The number of anilines is 3. The van der Waals surface area contributed by atoms with E-state index in [0.717, 1.165) is 0 Å². The van der Waals surface area contributed by atoms with E-state index in [-0.39, 0.29) is 5.91 Å². The second kappa shape index (κ2) is 7.58. The normalized spacial score (nSPS) is 10.6. The van der Waals surface area contributed by atoms with Crippen molar-refractivity contribution in [2.45, 2.75) is 0 Å². The van der Waals surface area contributed by atoms with Gasteiger partial charge in [-0.15, -0.1) is 0 Å². The van der Waals surface area contributed by atoms with Crippen molar-refractivity contribution in [3.63, 3.8) is 0 Å². The number of ether oxygens (including phenoxy) is 1. The van der Waals surface area contributed by atoms with E-state index in [1.165, 1.54) is 13.2 Å². The van der Waals surface area contributed by atoms with Crippen molar-refractivity contribution < 1.29 is 19.1 Å². The molecule has 0 aliphatic carbocycles. The minimum absolute atomic E-state index is 0.310. The Kier molecular flexibility index (Phi) is 5.18. The number of nitrogen functional groups attached to an aromatic ring is 1. The summed E-state index contributed by atoms with van der Waals surface area (Å²) in [6.45, 7) is 0. The highest BCUT2D eigenvalue weighted by Gasteiger charge is 2.18. The lowest BCUT2D eigenvalue weighted by molar-refractivity contribution is 0.0589. The van der Waals surface area contributed by atoms with E-state index in [0.29, 0.717) is 34.1 Å². The van der Waals surface area contributed by atoms with E-state index in [2.05, 4.69) is 10.6 Å². The third kappa shape index (κ3) is 4.00. The highest BCUT2D eigenvalue weighted by atomic mass is 16.5. The predicted octanol–water partition coefficient (Wildman–Crippen LogP) is 1.58. The molecule has 2 amide bonds. The van der Waals surface area contributed by atoms with Gasteiger partial charge in [-0.25, -0.2) is 4.79 Å². The lowest BCUT2D eigenvalue weighted by Gasteiger charge is -2.03. The van der Waals surface area contributed by atoms with Gasteiger partial charge in [-0.3, -0.25) is 9.59 Å². The fraction of sp³-hybridized carbons (Fsp3) is 0.211. The summed E-state index contributed by atoms with van der Waals surface area (Å²) in [6.07, 6.45) is 4.88. The molecule has 152 valence electrons. The number of carbonyl (C=O) groups is 3. The van der Waals surface area contributed by atoms with Crippen LogP contribution in [-0.2, 0) is 25.9 Å². The van der Waals surface area contributed by atoms with E-state index >= 15 is 0 Å². The molecule has 3 heterocycles. The Labute approximate surface area is 166 Å². The highest BCUT2D eigenvalue weighted by Crippen LogP contribution is 2.19. The molecule has 0 spiro atoms. The van der Waals surface area contributed by atoms with Crippen molar-refractivity contribution in [3.8, 4) is 0 Å². The monoisotopic (exact) mass is 398 g/mol. The van der Waals surface area contributed by atoms with Crippen LogP contribution in [0.4, 0.5) is 17.1 Å². The number of hydrogen-bond donors (Lipinski definition) is 3. The van der Waals surface area contributed by atoms with Crippen molar-refractivity contribution >= 4 is 34.8 Å². The Balaban J connectivity index is 1.74. The Morgan fingerprint density at radius 2 is 1.24 bits per heavy atom. The summed E-state index contributed by atoms with van der Waals surface area (Å²) in [5.41, 5.74) is 8.14. The minimum Gasteiger partial charge on any atom is -0.464 e. The molecular formula is C19H22N6O4. The second-order valence-electron chi connectivity index (χ2n) is 6.62. The van der Waals surface area contributed by atoms with Gasteiger partial charge in [0, 0.05) is 39.7 Å². The Morgan fingerprint density at radius 1 is 0.793 bits per heavy atom. The molecule has 3 aromatic rings. The van der Waals surface area contributed by atoms with E-state index in [1.54, 1.807) is 65.6 Å². The Bertz CT molecular complexity index is 1100. The van der Waals surface area contributed by atoms with E-state index in [9.17, 15) is 14.4 Å². The van der Waals surface area contributed by atoms with Gasteiger partial charge >= 0.3 is 5.97 Å². The largest absolute Gasteiger partial charge is 0.464 e. The number of nitrogens with two attached hydrogens (primary N) is 1. The molecule has 10 nitrogen and oxygen atoms in total. The first-order valence-corrected chi connectivity index (χ1v) is 8.65. The van der Waals surface area contributed by atoms with Crippen LogP contribution in [0.2, 0.25) is 0 Å². The maximum absolute atomic E-state index is 12.6. The second-order valence-corrected chi connectivity index (χ2v) is 6.62. The third-order valence-corrected chi connectivity index (χ3v) is 4.41. The average molecular weight is 398 g/mol. The zero-order chi connectivity index (χ0) is 21.3. The molecule has 0 bridgehead atoms. The highest BCUT2D eigenvalue weighted by molar-refractivity contribution is 6.07. The quantitative estimate of drug-likeness (QED) is 0.563. The molecule has 3 aromatic heterocycles. The number of aromatic nitrogens is 3. The molecule has 3 rings (SSSR count). The number of esters is 1. The van der Waals surface area contributed by atoms with Crippen LogP contribution in [0.5, 0.6) is 0 Å². The van der Waals surface area contributed by atoms with Crippen LogP contribution in [0.25, 0.3) is 0 Å². The van der Waals surface area contributed by atoms with Gasteiger partial charge < -0.3 is 34.8 Å². The summed E-state index contributed by atoms with van der Waals surface area (Å²) in [7, 11) is 6.37. The van der Waals surface area contributed by atoms with Gasteiger partial charge in [0.1, 0.15) is 17.1 Å². The van der Waals surface area contributed by atoms with E-state index in [4.69, 9.17) is 10.5 Å². The van der Waals surface area contributed by atoms with Crippen molar-refractivity contribution in [1.29, 1.82) is 0 Å². The Morgan fingerprint density at radius 3 is 1.72 bits per heavy atom. The third-order valence-electron chi connectivity index (χ3n) is 4.41. The number of nitrogens with zero attached hydrogens (tertiary/aromatic N) is 3. The zero-order valence-corrected chi connectivity index (χ0v) is 16.5. The van der Waals surface area contributed by atoms with E-state index in [1.807, 2.05) is 0 Å². The standard InChI is InChI=1S/C19H22N6O4/c1-23-8-11(20)5-14(23)17(26)21-12-6-15(24(2)9-12)18(27)22-13-7-16(19(28)29-4)25(3)10-13/h5-10H,20H2,1-4H3,(H,21,26)(H,22,27). The molecular weight excluding hydrogens is 376 g/mol. The number of hydrogen-bond acceptors (Lipinski definition) is 5. The summed E-state index contributed by atoms with van der Waals surface area (Å²) in [5.74, 6) is -1.23. The summed E-state index contributed by atoms with van der Waals surface area (Å²) in [5, 5.41) is 5.47. The maximum atomic E-state index is 12.6. The topological polar surface area (TPSA) is 125 Å². The van der Waals surface area contributed by atoms with Crippen LogP contribution in [0.15, 0.2) is 36.8 Å². The first kappa shape index (κ1) is 19.8. The van der Waals surface area contributed by atoms with Gasteiger partial charge in [-0.2, -0.15) is 0 Å². The van der Waals surface area contributed by atoms with Crippen LogP contribution < -0.4 is 16.4 Å². The van der Waals surface area contributed by atoms with Crippen LogP contribution in [0, 0.1) is 0 Å². The first-order chi connectivity index (χ1) is 13.7. The molecule has 0 saturated heterocycles. The van der Waals surface area contributed by atoms with Gasteiger partial charge in [0.2, 0.25) is 0 Å². The smallest absolute Gasteiger partial charge is 0.354 e. The lowest BCUT2D eigenvalue weighted by atomic mass is 10.3. The minimum atomic E-state index is -0.502. The fourth-order valence-corrected chi connectivity index (χ4v) is 3.01. The van der Waals surface area contributed by atoms with Crippen LogP contribution in [0.1, 0.15) is 31.5 Å². The lowest BCUT2D eigenvalue weighted by Crippen LogP contribution is -2.15. The molecule has 10 heteroatoms. The molecule has 0 radical (unpaired) electrons. The number of aryl methyl sites for hydroxylation is 3.